The van der Waals surface area contributed by atoms with E-state index in [0.29, 0.717) is 0 Å². The van der Waals surface area contributed by atoms with Gasteiger partial charge in [0.05, 0.1) is 0 Å². The first-order valence-electron chi connectivity index (χ1n) is 9.12. The Labute approximate surface area is 154 Å². The first-order valence-corrected chi connectivity index (χ1v) is 13.3. The minimum atomic E-state index is -2.97. The summed E-state index contributed by atoms with van der Waals surface area (Å²) in [6, 6.07) is 25.0. The van der Waals surface area contributed by atoms with Crippen molar-refractivity contribution in [3.8, 4) is 22.4 Å². The number of pyridine rings is 2. The Morgan fingerprint density at radius 1 is 0.769 bits per heavy atom. The third kappa shape index (κ3) is 1.26. The summed E-state index contributed by atoms with van der Waals surface area (Å²) >= 11 is -2.97. The van der Waals surface area contributed by atoms with Gasteiger partial charge in [-0.3, -0.25) is 0 Å². The number of nitrogens with zero attached hydrogens (tertiary/aromatic N) is 2. The molecule has 0 N–H and O–H groups in total. The molecule has 120 valence electrons. The van der Waals surface area contributed by atoms with Crippen LogP contribution in [-0.2, 0) is 6.54 Å². The third-order valence-corrected chi connectivity index (χ3v) is 16.4. The average Bonchev–Trinajstić information content (AvgIpc) is 3.32. The van der Waals surface area contributed by atoms with E-state index in [2.05, 4.69) is 77.5 Å². The molecule has 2 aromatic heterocycles. The normalized spacial score (nSPS) is 15.8. The van der Waals surface area contributed by atoms with Gasteiger partial charge < -0.3 is 0 Å². The molecule has 0 saturated carbocycles. The fourth-order valence-electron chi connectivity index (χ4n) is 5.54. The van der Waals surface area contributed by atoms with Crippen LogP contribution >= 0.6 is 0 Å². The molecule has 0 unspecified atom stereocenters. The van der Waals surface area contributed by atoms with Gasteiger partial charge in [0.15, 0.2) is 0 Å². The van der Waals surface area contributed by atoms with Crippen LogP contribution in [0.3, 0.4) is 0 Å². The van der Waals surface area contributed by atoms with Crippen molar-refractivity contribution in [3.63, 3.8) is 0 Å². The van der Waals surface area contributed by atoms with E-state index in [-0.39, 0.29) is 0 Å². The van der Waals surface area contributed by atoms with Crippen LogP contribution in [0, 0.1) is 0 Å². The van der Waals surface area contributed by atoms with Crippen molar-refractivity contribution in [2.75, 3.05) is 0 Å². The molecule has 5 heterocycles. The topological polar surface area (TPSA) is 16.8 Å². The van der Waals surface area contributed by atoms with Crippen LogP contribution < -0.4 is 22.3 Å². The summed E-state index contributed by atoms with van der Waals surface area (Å²) in [4.78, 5) is 5.07. The van der Waals surface area contributed by atoms with Crippen molar-refractivity contribution >= 4 is 31.0 Å². The molecular formula is C23H15GeN2+. The van der Waals surface area contributed by atoms with Gasteiger partial charge in [-0.25, -0.2) is 0 Å². The minimum absolute atomic E-state index is 0.982. The molecule has 0 radical (unpaired) electrons. The van der Waals surface area contributed by atoms with Crippen molar-refractivity contribution in [3.05, 3.63) is 84.7 Å². The van der Waals surface area contributed by atoms with Gasteiger partial charge in [0, 0.05) is 0 Å². The zero-order valence-corrected chi connectivity index (χ0v) is 16.2. The van der Waals surface area contributed by atoms with Crippen LogP contribution in [0.4, 0.5) is 0 Å². The van der Waals surface area contributed by atoms with E-state index < -0.39 is 13.3 Å². The van der Waals surface area contributed by atoms with Crippen molar-refractivity contribution in [1.82, 2.24) is 4.98 Å². The van der Waals surface area contributed by atoms with Crippen LogP contribution in [0.5, 0.6) is 0 Å². The van der Waals surface area contributed by atoms with E-state index in [1.807, 2.05) is 6.20 Å². The Bertz CT molecular complexity index is 1180. The summed E-state index contributed by atoms with van der Waals surface area (Å²) < 4.78 is 8.51. The summed E-state index contributed by atoms with van der Waals surface area (Å²) in [5.74, 6) is 0. The monoisotopic (exact) mass is 393 g/mol. The van der Waals surface area contributed by atoms with E-state index in [0.717, 1.165) is 6.54 Å². The van der Waals surface area contributed by atoms with Gasteiger partial charge in [0.1, 0.15) is 0 Å². The molecule has 26 heavy (non-hydrogen) atoms. The van der Waals surface area contributed by atoms with E-state index in [1.165, 1.54) is 32.5 Å². The molecule has 0 bridgehead atoms. The van der Waals surface area contributed by atoms with Crippen LogP contribution in [0.15, 0.2) is 79.1 Å². The molecule has 0 amide bonds. The Morgan fingerprint density at radius 2 is 1.46 bits per heavy atom. The second-order valence-electron chi connectivity index (χ2n) is 7.43. The molecule has 3 aliphatic heterocycles. The predicted molar refractivity (Wildman–Crippen MR) is 105 cm³/mol. The van der Waals surface area contributed by atoms with Gasteiger partial charge in [-0.15, -0.1) is 0 Å². The quantitative estimate of drug-likeness (QED) is 0.279. The maximum absolute atomic E-state index is 5.07. The van der Waals surface area contributed by atoms with E-state index in [9.17, 15) is 0 Å². The first-order chi connectivity index (χ1) is 12.9. The molecule has 0 atom stereocenters. The summed E-state index contributed by atoms with van der Waals surface area (Å²) in [5, 5.41) is 0. The van der Waals surface area contributed by atoms with Crippen LogP contribution in [0.2, 0.25) is 0 Å². The van der Waals surface area contributed by atoms with Crippen molar-refractivity contribution in [2.24, 2.45) is 0 Å². The third-order valence-electron chi connectivity index (χ3n) is 6.40. The molecule has 1 spiro atoms. The van der Waals surface area contributed by atoms with Crippen molar-refractivity contribution < 1.29 is 4.57 Å². The average molecular weight is 392 g/mol. The molecule has 2 aromatic carbocycles. The summed E-state index contributed by atoms with van der Waals surface area (Å²) in [7, 11) is 0. The Hall–Kier alpha value is -2.72. The molecule has 7 rings (SSSR count). The van der Waals surface area contributed by atoms with Gasteiger partial charge in [0.2, 0.25) is 0 Å². The Kier molecular flexibility index (Phi) is 2.25. The molecule has 3 aliphatic rings. The predicted octanol–water partition coefficient (Wildman–Crippen LogP) is 1.07. The Balaban J connectivity index is 1.77. The standard InChI is InChI=1S/C23H15GeN2/c1-3-8-18-16(6-1)17-7-2-4-9-19(17)24(18)20-10-5-13-26-14-15-11-12-25-23(24)21(15)22(20)26/h1-13H,14H2/q+1. The molecule has 0 fully saturated rings. The zero-order chi connectivity index (χ0) is 16.9. The Morgan fingerprint density at radius 3 is 2.23 bits per heavy atom. The number of hydrogen-bond donors (Lipinski definition) is 0. The van der Waals surface area contributed by atoms with E-state index in [1.54, 1.807) is 13.2 Å². The molecule has 0 saturated heterocycles. The first kappa shape index (κ1) is 13.5. The van der Waals surface area contributed by atoms with Gasteiger partial charge >= 0.3 is 154 Å². The molecular weight excluding hydrogens is 377 g/mol. The number of fused-ring (bicyclic) bond motifs is 7. The van der Waals surface area contributed by atoms with Crippen molar-refractivity contribution in [2.45, 2.75) is 6.54 Å². The summed E-state index contributed by atoms with van der Waals surface area (Å²) in [5.41, 5.74) is 7.16. The number of aromatic nitrogens is 2. The van der Waals surface area contributed by atoms with Gasteiger partial charge in [-0.1, -0.05) is 0 Å². The van der Waals surface area contributed by atoms with Gasteiger partial charge in [-0.2, -0.15) is 0 Å². The van der Waals surface area contributed by atoms with Crippen LogP contribution in [0.1, 0.15) is 5.56 Å². The fraction of sp³-hybridized carbons (Fsp3) is 0.0435. The fourth-order valence-corrected chi connectivity index (χ4v) is 17.0. The van der Waals surface area contributed by atoms with Crippen LogP contribution in [0.25, 0.3) is 22.4 Å². The molecule has 4 aromatic rings. The van der Waals surface area contributed by atoms with Crippen molar-refractivity contribution in [1.29, 1.82) is 0 Å². The SMILES string of the molecule is c1cc[c]2c(c1)-c1cccc[c]1[Ge]21[c]2ccc[n+]3c2-c2c(ccn[c]21)C3. The van der Waals surface area contributed by atoms with Gasteiger partial charge in [-0.05, 0) is 0 Å². The second-order valence-corrected chi connectivity index (χ2v) is 15.0. The van der Waals surface area contributed by atoms with E-state index >= 15 is 0 Å². The number of hydrogen-bond acceptors (Lipinski definition) is 1. The zero-order valence-electron chi connectivity index (χ0n) is 14.1. The van der Waals surface area contributed by atoms with Gasteiger partial charge in [0.25, 0.3) is 0 Å². The maximum atomic E-state index is 5.07. The molecule has 3 heteroatoms. The molecule has 0 aliphatic carbocycles. The van der Waals surface area contributed by atoms with Crippen LogP contribution in [-0.4, -0.2) is 18.3 Å². The second kappa shape index (κ2) is 4.33. The number of benzene rings is 2. The summed E-state index contributed by atoms with van der Waals surface area (Å²) in [6.07, 6.45) is 4.27. The number of rotatable bonds is 0. The summed E-state index contributed by atoms with van der Waals surface area (Å²) in [6.45, 7) is 0.982. The van der Waals surface area contributed by atoms with E-state index in [4.69, 9.17) is 4.98 Å². The molecule has 2 nitrogen and oxygen atoms in total.